The first-order valence-electron chi connectivity index (χ1n) is 5.96. The van der Waals surface area contributed by atoms with Gasteiger partial charge in [0.1, 0.15) is 0 Å². The number of aryl methyl sites for hydroxylation is 1. The van der Waals surface area contributed by atoms with Crippen LogP contribution in [0.3, 0.4) is 0 Å². The fraction of sp³-hybridized carbons (Fsp3) is 0.357. The first-order chi connectivity index (χ1) is 8.29. The van der Waals surface area contributed by atoms with Gasteiger partial charge in [-0.3, -0.25) is 4.98 Å². The smallest absolute Gasteiger partial charge is 0.0713 e. The summed E-state index contributed by atoms with van der Waals surface area (Å²) in [6, 6.07) is 5.03. The van der Waals surface area contributed by atoms with Crippen molar-refractivity contribution in [3.8, 4) is 11.3 Å². The second-order valence-corrected chi connectivity index (χ2v) is 5.43. The molecule has 17 heavy (non-hydrogen) atoms. The molecule has 0 bridgehead atoms. The molecule has 1 N–H and O–H groups in total. The lowest BCUT2D eigenvalue weighted by Gasteiger charge is -2.03. The lowest BCUT2D eigenvalue weighted by molar-refractivity contribution is 0.782. The van der Waals surface area contributed by atoms with Crippen molar-refractivity contribution < 1.29 is 0 Å². The molecular weight excluding hydrogens is 228 g/mol. The Kier molecular flexibility index (Phi) is 2.73. The summed E-state index contributed by atoms with van der Waals surface area (Å²) in [5, 5.41) is 7.65. The molecule has 0 aliphatic heterocycles. The van der Waals surface area contributed by atoms with Gasteiger partial charge in [0.15, 0.2) is 0 Å². The van der Waals surface area contributed by atoms with Gasteiger partial charge in [0.05, 0.1) is 5.69 Å². The van der Waals surface area contributed by atoms with Gasteiger partial charge in [-0.15, -0.1) is 0 Å². The minimum absolute atomic E-state index is 0.658. The summed E-state index contributed by atoms with van der Waals surface area (Å²) in [6.07, 6.45) is 3.28. The number of nitrogens with zero attached hydrogens (tertiary/aromatic N) is 1. The van der Waals surface area contributed by atoms with Crippen molar-refractivity contribution in [3.63, 3.8) is 0 Å². The highest BCUT2D eigenvalue weighted by Gasteiger charge is 2.36. The highest BCUT2D eigenvalue weighted by Crippen LogP contribution is 2.40. The molecule has 0 spiro atoms. The Labute approximate surface area is 106 Å². The molecule has 0 saturated heterocycles. The summed E-state index contributed by atoms with van der Waals surface area (Å²) < 4.78 is 0. The fourth-order valence-corrected chi connectivity index (χ4v) is 3.13. The van der Waals surface area contributed by atoms with E-state index in [9.17, 15) is 0 Å². The number of thiophene rings is 1. The van der Waals surface area contributed by atoms with Crippen LogP contribution in [0, 0.1) is 6.92 Å². The number of hydrogen-bond donors (Lipinski definition) is 1. The molecule has 3 heteroatoms. The molecule has 1 aliphatic rings. The van der Waals surface area contributed by atoms with E-state index in [-0.39, 0.29) is 0 Å². The zero-order chi connectivity index (χ0) is 11.8. The van der Waals surface area contributed by atoms with Gasteiger partial charge in [-0.05, 0) is 43.0 Å². The maximum atomic E-state index is 4.59. The topological polar surface area (TPSA) is 24.9 Å². The SMILES string of the molecule is CN[C@H]1C[C@@H]1c1ccc(-c2cscc2C)nc1. The van der Waals surface area contributed by atoms with Gasteiger partial charge in [-0.2, -0.15) is 11.3 Å². The highest BCUT2D eigenvalue weighted by molar-refractivity contribution is 7.08. The Bertz CT molecular complexity index is 515. The van der Waals surface area contributed by atoms with E-state index in [2.05, 4.69) is 40.1 Å². The molecule has 0 aromatic carbocycles. The maximum Gasteiger partial charge on any atom is 0.0713 e. The highest BCUT2D eigenvalue weighted by atomic mass is 32.1. The minimum atomic E-state index is 0.658. The van der Waals surface area contributed by atoms with Crippen LogP contribution in [-0.2, 0) is 0 Å². The van der Waals surface area contributed by atoms with Crippen LogP contribution in [0.4, 0.5) is 0 Å². The van der Waals surface area contributed by atoms with Gasteiger partial charge < -0.3 is 5.32 Å². The van der Waals surface area contributed by atoms with E-state index < -0.39 is 0 Å². The quantitative estimate of drug-likeness (QED) is 0.897. The van der Waals surface area contributed by atoms with Crippen LogP contribution in [0.25, 0.3) is 11.3 Å². The Morgan fingerprint density at radius 1 is 1.35 bits per heavy atom. The Morgan fingerprint density at radius 3 is 2.76 bits per heavy atom. The van der Waals surface area contributed by atoms with Gasteiger partial charge in [0, 0.05) is 29.1 Å². The van der Waals surface area contributed by atoms with Crippen molar-refractivity contribution >= 4 is 11.3 Å². The summed E-state index contributed by atoms with van der Waals surface area (Å²) in [6.45, 7) is 2.14. The average molecular weight is 244 g/mol. The first kappa shape index (κ1) is 10.9. The zero-order valence-electron chi connectivity index (χ0n) is 10.1. The largest absolute Gasteiger partial charge is 0.316 e. The number of pyridine rings is 1. The van der Waals surface area contributed by atoms with Gasteiger partial charge >= 0.3 is 0 Å². The van der Waals surface area contributed by atoms with Crippen molar-refractivity contribution in [2.75, 3.05) is 7.05 Å². The summed E-state index contributed by atoms with van der Waals surface area (Å²) in [5.74, 6) is 0.671. The summed E-state index contributed by atoms with van der Waals surface area (Å²) >= 11 is 1.74. The molecule has 0 amide bonds. The van der Waals surface area contributed by atoms with Gasteiger partial charge in [-0.1, -0.05) is 6.07 Å². The molecule has 1 saturated carbocycles. The Hall–Kier alpha value is -1.19. The van der Waals surface area contributed by atoms with Gasteiger partial charge in [0.25, 0.3) is 0 Å². The van der Waals surface area contributed by atoms with Gasteiger partial charge in [0.2, 0.25) is 0 Å². The van der Waals surface area contributed by atoms with E-state index in [4.69, 9.17) is 0 Å². The van der Waals surface area contributed by atoms with Crippen LogP contribution in [0.2, 0.25) is 0 Å². The molecule has 3 rings (SSSR count). The predicted molar refractivity (Wildman–Crippen MR) is 72.5 cm³/mol. The van der Waals surface area contributed by atoms with Crippen LogP contribution in [0.1, 0.15) is 23.5 Å². The van der Waals surface area contributed by atoms with Crippen LogP contribution >= 0.6 is 11.3 Å². The molecule has 2 heterocycles. The fourth-order valence-electron chi connectivity index (χ4n) is 2.29. The Morgan fingerprint density at radius 2 is 2.24 bits per heavy atom. The molecule has 2 aromatic rings. The van der Waals surface area contributed by atoms with Crippen molar-refractivity contribution in [3.05, 3.63) is 40.2 Å². The first-order valence-corrected chi connectivity index (χ1v) is 6.90. The molecule has 2 nitrogen and oxygen atoms in total. The standard InChI is InChI=1S/C14H16N2S/c1-9-7-17-8-12(9)13-4-3-10(6-16-13)11-5-14(11)15-2/h3-4,6-8,11,14-15H,5H2,1-2H3/t11-,14+/m1/s1. The number of likely N-dealkylation sites (N-methyl/N-ethyl adjacent to an activating group) is 1. The van der Waals surface area contributed by atoms with E-state index in [1.807, 2.05) is 13.2 Å². The van der Waals surface area contributed by atoms with Crippen molar-refractivity contribution in [2.24, 2.45) is 0 Å². The summed E-state index contributed by atoms with van der Waals surface area (Å²) in [4.78, 5) is 4.59. The van der Waals surface area contributed by atoms with Crippen LogP contribution in [-0.4, -0.2) is 18.1 Å². The number of rotatable bonds is 3. The third-order valence-electron chi connectivity index (χ3n) is 3.51. The Balaban J connectivity index is 1.84. The lowest BCUT2D eigenvalue weighted by atomic mass is 10.1. The maximum absolute atomic E-state index is 4.59. The second kappa shape index (κ2) is 4.24. The average Bonchev–Trinajstić information content (AvgIpc) is 3.04. The van der Waals surface area contributed by atoms with E-state index >= 15 is 0 Å². The minimum Gasteiger partial charge on any atom is -0.316 e. The predicted octanol–water partition coefficient (Wildman–Crippen LogP) is 3.19. The summed E-state index contributed by atoms with van der Waals surface area (Å²) in [5.41, 5.74) is 5.03. The van der Waals surface area contributed by atoms with Crippen LogP contribution in [0.15, 0.2) is 29.1 Å². The van der Waals surface area contributed by atoms with Crippen molar-refractivity contribution in [1.82, 2.24) is 10.3 Å². The third kappa shape index (κ3) is 2.01. The van der Waals surface area contributed by atoms with Crippen LogP contribution in [0.5, 0.6) is 0 Å². The van der Waals surface area contributed by atoms with Crippen molar-refractivity contribution in [1.29, 1.82) is 0 Å². The normalized spacial score (nSPS) is 22.7. The van der Waals surface area contributed by atoms with Gasteiger partial charge in [-0.25, -0.2) is 0 Å². The molecular formula is C14H16N2S. The molecule has 1 fully saturated rings. The van der Waals surface area contributed by atoms with E-state index in [1.165, 1.54) is 23.1 Å². The number of aromatic nitrogens is 1. The molecule has 2 aromatic heterocycles. The molecule has 0 unspecified atom stereocenters. The van der Waals surface area contributed by atoms with E-state index in [0.29, 0.717) is 12.0 Å². The number of nitrogens with one attached hydrogen (secondary N) is 1. The molecule has 2 atom stereocenters. The monoisotopic (exact) mass is 244 g/mol. The zero-order valence-corrected chi connectivity index (χ0v) is 10.9. The summed E-state index contributed by atoms with van der Waals surface area (Å²) in [7, 11) is 2.03. The molecule has 88 valence electrons. The number of hydrogen-bond acceptors (Lipinski definition) is 3. The third-order valence-corrected chi connectivity index (χ3v) is 4.37. The lowest BCUT2D eigenvalue weighted by Crippen LogP contribution is -2.10. The van der Waals surface area contributed by atoms with Crippen LogP contribution < -0.4 is 5.32 Å². The van der Waals surface area contributed by atoms with E-state index in [1.54, 1.807) is 11.3 Å². The van der Waals surface area contributed by atoms with Crippen molar-refractivity contribution in [2.45, 2.75) is 25.3 Å². The van der Waals surface area contributed by atoms with E-state index in [0.717, 1.165) is 5.69 Å². The molecule has 1 aliphatic carbocycles. The second-order valence-electron chi connectivity index (χ2n) is 4.68. The molecule has 0 radical (unpaired) electrons.